The highest BCUT2D eigenvalue weighted by Gasteiger charge is 2.41. The Kier molecular flexibility index (Phi) is 3.17. The molecule has 1 N–H and O–H groups in total. The number of hydrogen-bond donors (Lipinski definition) is 1. The van der Waals surface area contributed by atoms with Crippen molar-refractivity contribution in [1.29, 1.82) is 0 Å². The molecule has 0 aliphatic carbocycles. The Morgan fingerprint density at radius 3 is 2.82 bits per heavy atom. The van der Waals surface area contributed by atoms with Crippen LogP contribution in [0.1, 0.15) is 24.8 Å². The van der Waals surface area contributed by atoms with Gasteiger partial charge in [-0.3, -0.25) is 0 Å². The van der Waals surface area contributed by atoms with Gasteiger partial charge in [0.15, 0.2) is 0 Å². The molecule has 4 unspecified atom stereocenters. The molecule has 3 rings (SSSR count). The number of rotatable bonds is 3. The van der Waals surface area contributed by atoms with E-state index in [0.29, 0.717) is 18.1 Å². The van der Waals surface area contributed by atoms with Crippen LogP contribution in [-0.2, 0) is 11.2 Å². The fraction of sp³-hybridized carbons (Fsp3) is 0.600. The van der Waals surface area contributed by atoms with Crippen molar-refractivity contribution >= 4 is 0 Å². The Morgan fingerprint density at radius 1 is 1.24 bits per heavy atom. The van der Waals surface area contributed by atoms with Gasteiger partial charge in [-0.15, -0.1) is 0 Å². The topological polar surface area (TPSA) is 21.3 Å². The summed E-state index contributed by atoms with van der Waals surface area (Å²) in [5.41, 5.74) is 1.45. The molecule has 17 heavy (non-hydrogen) atoms. The normalized spacial score (nSPS) is 36.1. The number of ether oxygens (including phenoxy) is 1. The van der Waals surface area contributed by atoms with Crippen LogP contribution < -0.4 is 5.32 Å². The molecule has 2 aliphatic rings. The molecule has 0 aromatic heterocycles. The van der Waals surface area contributed by atoms with Crippen LogP contribution in [-0.4, -0.2) is 25.3 Å². The molecule has 4 atom stereocenters. The van der Waals surface area contributed by atoms with Gasteiger partial charge in [-0.05, 0) is 37.2 Å². The van der Waals surface area contributed by atoms with Gasteiger partial charge in [-0.25, -0.2) is 0 Å². The highest BCUT2D eigenvalue weighted by atomic mass is 16.5. The fourth-order valence-corrected chi connectivity index (χ4v) is 3.60. The van der Waals surface area contributed by atoms with Crippen molar-refractivity contribution in [3.8, 4) is 0 Å². The summed E-state index contributed by atoms with van der Waals surface area (Å²) in [6.07, 6.45) is 5.44. The van der Waals surface area contributed by atoms with Crippen LogP contribution >= 0.6 is 0 Å². The van der Waals surface area contributed by atoms with Gasteiger partial charge in [0.1, 0.15) is 0 Å². The Morgan fingerprint density at radius 2 is 2.06 bits per heavy atom. The van der Waals surface area contributed by atoms with Crippen LogP contribution in [0, 0.1) is 5.92 Å². The average Bonchev–Trinajstić information content (AvgIpc) is 2.74. The molecule has 2 bridgehead atoms. The van der Waals surface area contributed by atoms with E-state index in [2.05, 4.69) is 35.6 Å². The molecule has 92 valence electrons. The fourth-order valence-electron chi connectivity index (χ4n) is 3.60. The van der Waals surface area contributed by atoms with Crippen molar-refractivity contribution in [1.82, 2.24) is 5.32 Å². The van der Waals surface area contributed by atoms with E-state index >= 15 is 0 Å². The van der Waals surface area contributed by atoms with E-state index in [4.69, 9.17) is 4.74 Å². The maximum atomic E-state index is 5.74. The van der Waals surface area contributed by atoms with Gasteiger partial charge in [0.25, 0.3) is 0 Å². The Balaban J connectivity index is 1.73. The predicted molar refractivity (Wildman–Crippen MR) is 69.0 cm³/mol. The summed E-state index contributed by atoms with van der Waals surface area (Å²) in [5, 5.41) is 3.68. The lowest BCUT2D eigenvalue weighted by molar-refractivity contribution is 0.00552. The Hall–Kier alpha value is -0.860. The standard InChI is InChI=1S/C15H21NO/c1-17-15-12(9-11-5-3-2-4-6-11)10-13-7-8-14(15)16-13/h2-6,12-16H,7-10H2,1H3. The predicted octanol–water partition coefficient (Wildman–Crippen LogP) is 2.38. The summed E-state index contributed by atoms with van der Waals surface area (Å²) >= 11 is 0. The Labute approximate surface area is 103 Å². The lowest BCUT2D eigenvalue weighted by Gasteiger charge is -2.36. The van der Waals surface area contributed by atoms with E-state index < -0.39 is 0 Å². The number of benzene rings is 1. The summed E-state index contributed by atoms with van der Waals surface area (Å²) in [6.45, 7) is 0. The molecule has 2 saturated heterocycles. The smallest absolute Gasteiger partial charge is 0.0756 e. The van der Waals surface area contributed by atoms with Crippen LogP contribution in [0.25, 0.3) is 0 Å². The van der Waals surface area contributed by atoms with E-state index in [1.165, 1.54) is 24.8 Å². The molecule has 2 heteroatoms. The quantitative estimate of drug-likeness (QED) is 0.862. The molecular weight excluding hydrogens is 210 g/mol. The van der Waals surface area contributed by atoms with Crippen molar-refractivity contribution in [3.05, 3.63) is 35.9 Å². The minimum atomic E-state index is 0.397. The number of fused-ring (bicyclic) bond motifs is 2. The van der Waals surface area contributed by atoms with Crippen molar-refractivity contribution in [2.75, 3.05) is 7.11 Å². The molecule has 2 aliphatic heterocycles. The molecule has 0 spiro atoms. The van der Waals surface area contributed by atoms with Crippen LogP contribution in [0.3, 0.4) is 0 Å². The first-order chi connectivity index (χ1) is 8.36. The first-order valence-corrected chi connectivity index (χ1v) is 6.69. The van der Waals surface area contributed by atoms with Crippen LogP contribution in [0.4, 0.5) is 0 Å². The molecule has 0 radical (unpaired) electrons. The monoisotopic (exact) mass is 231 g/mol. The second-order valence-electron chi connectivity index (χ2n) is 5.43. The molecule has 1 aromatic carbocycles. The highest BCUT2D eigenvalue weighted by Crippen LogP contribution is 2.34. The van der Waals surface area contributed by atoms with Gasteiger partial charge in [0, 0.05) is 19.2 Å². The summed E-state index contributed by atoms with van der Waals surface area (Å²) in [4.78, 5) is 0. The van der Waals surface area contributed by atoms with Crippen LogP contribution in [0.15, 0.2) is 30.3 Å². The van der Waals surface area contributed by atoms with Crippen molar-refractivity contribution in [2.45, 2.75) is 43.9 Å². The molecule has 1 aromatic rings. The zero-order chi connectivity index (χ0) is 11.7. The first kappa shape index (κ1) is 11.2. The van der Waals surface area contributed by atoms with Crippen molar-refractivity contribution < 1.29 is 4.74 Å². The zero-order valence-electron chi connectivity index (χ0n) is 10.4. The number of hydrogen-bond acceptors (Lipinski definition) is 2. The summed E-state index contributed by atoms with van der Waals surface area (Å²) in [5.74, 6) is 0.682. The summed E-state index contributed by atoms with van der Waals surface area (Å²) in [7, 11) is 1.86. The lowest BCUT2D eigenvalue weighted by Crippen LogP contribution is -2.50. The minimum absolute atomic E-state index is 0.397. The van der Waals surface area contributed by atoms with Gasteiger partial charge in [-0.2, -0.15) is 0 Å². The van der Waals surface area contributed by atoms with Gasteiger partial charge < -0.3 is 10.1 Å². The summed E-state index contributed by atoms with van der Waals surface area (Å²) in [6, 6.07) is 12.1. The largest absolute Gasteiger partial charge is 0.380 e. The van der Waals surface area contributed by atoms with Gasteiger partial charge in [-0.1, -0.05) is 30.3 Å². The van der Waals surface area contributed by atoms with E-state index in [1.807, 2.05) is 7.11 Å². The van der Waals surface area contributed by atoms with Crippen molar-refractivity contribution in [2.24, 2.45) is 5.92 Å². The molecule has 2 fully saturated rings. The SMILES string of the molecule is COC1C(Cc2ccccc2)CC2CCC1N2. The third-order valence-electron chi connectivity index (χ3n) is 4.34. The lowest BCUT2D eigenvalue weighted by atomic mass is 9.84. The zero-order valence-corrected chi connectivity index (χ0v) is 10.4. The molecular formula is C15H21NO. The van der Waals surface area contributed by atoms with Gasteiger partial charge >= 0.3 is 0 Å². The van der Waals surface area contributed by atoms with Crippen LogP contribution in [0.5, 0.6) is 0 Å². The molecule has 0 saturated carbocycles. The van der Waals surface area contributed by atoms with E-state index in [1.54, 1.807) is 0 Å². The molecule has 2 heterocycles. The highest BCUT2D eigenvalue weighted by molar-refractivity contribution is 5.16. The first-order valence-electron chi connectivity index (χ1n) is 6.69. The van der Waals surface area contributed by atoms with Crippen molar-refractivity contribution in [3.63, 3.8) is 0 Å². The minimum Gasteiger partial charge on any atom is -0.380 e. The van der Waals surface area contributed by atoms with E-state index in [9.17, 15) is 0 Å². The number of methoxy groups -OCH3 is 1. The van der Waals surface area contributed by atoms with E-state index in [0.717, 1.165) is 12.5 Å². The van der Waals surface area contributed by atoms with Crippen LogP contribution in [0.2, 0.25) is 0 Å². The second kappa shape index (κ2) is 4.79. The third kappa shape index (κ3) is 2.24. The number of nitrogens with one attached hydrogen (secondary N) is 1. The number of piperidine rings is 1. The maximum absolute atomic E-state index is 5.74. The van der Waals surface area contributed by atoms with Gasteiger partial charge in [0.2, 0.25) is 0 Å². The average molecular weight is 231 g/mol. The summed E-state index contributed by atoms with van der Waals surface area (Å²) < 4.78 is 5.74. The molecule has 0 amide bonds. The third-order valence-corrected chi connectivity index (χ3v) is 4.34. The Bertz CT molecular complexity index is 364. The molecule has 2 nitrogen and oxygen atoms in total. The van der Waals surface area contributed by atoms with E-state index in [-0.39, 0.29) is 0 Å². The maximum Gasteiger partial charge on any atom is 0.0756 e. The van der Waals surface area contributed by atoms with Gasteiger partial charge in [0.05, 0.1) is 6.10 Å². The second-order valence-corrected chi connectivity index (χ2v) is 5.43.